The van der Waals surface area contributed by atoms with Gasteiger partial charge in [0.15, 0.2) is 0 Å². The fourth-order valence-electron chi connectivity index (χ4n) is 2.32. The van der Waals surface area contributed by atoms with E-state index in [0.717, 1.165) is 22.2 Å². The van der Waals surface area contributed by atoms with Crippen LogP contribution in [-0.2, 0) is 11.8 Å². The maximum Gasteiger partial charge on any atom is 0.0797 e. The van der Waals surface area contributed by atoms with Crippen LogP contribution >= 0.6 is 27.3 Å². The fourth-order valence-corrected chi connectivity index (χ4v) is 3.81. The number of rotatable bonds is 6. The largest absolute Gasteiger partial charge is 0.395 e. The highest BCUT2D eigenvalue weighted by Crippen LogP contribution is 2.34. The van der Waals surface area contributed by atoms with Crippen LogP contribution in [0.1, 0.15) is 22.6 Å². The molecule has 0 saturated heterocycles. The number of aryl methyl sites for hydroxylation is 2. The van der Waals surface area contributed by atoms with E-state index in [0.29, 0.717) is 6.42 Å². The van der Waals surface area contributed by atoms with Gasteiger partial charge in [0.25, 0.3) is 0 Å². The lowest BCUT2D eigenvalue weighted by atomic mass is 9.78. The summed E-state index contributed by atoms with van der Waals surface area (Å²) in [6.45, 7) is 1.83. The molecule has 1 heterocycles. The molecule has 0 aliphatic heterocycles. The van der Waals surface area contributed by atoms with Gasteiger partial charge in [0.05, 0.1) is 24.4 Å². The first-order valence-corrected chi connectivity index (χ1v) is 8.16. The van der Waals surface area contributed by atoms with Crippen LogP contribution in [0.5, 0.6) is 0 Å². The molecule has 0 amide bonds. The molecule has 2 N–H and O–H groups in total. The molecule has 0 aliphatic carbocycles. The molecule has 0 spiro atoms. The summed E-state index contributed by atoms with van der Waals surface area (Å²) in [4.78, 5) is 5.45. The summed E-state index contributed by atoms with van der Waals surface area (Å²) >= 11 is 5.14. The second-order valence-electron chi connectivity index (χ2n) is 4.94. The Kier molecular flexibility index (Phi) is 5.32. The lowest BCUT2D eigenvalue weighted by molar-refractivity contribution is 0.109. The SMILES string of the molecule is Cc1ncsc1CCC(CO)(CO)c1ccccc1Br. The molecule has 0 saturated carbocycles. The number of aliphatic hydroxyl groups excluding tert-OH is 2. The molecular formula is C15H18BrNO2S. The van der Waals surface area contributed by atoms with E-state index in [2.05, 4.69) is 20.9 Å². The molecule has 2 aromatic rings. The minimum Gasteiger partial charge on any atom is -0.395 e. The molecule has 20 heavy (non-hydrogen) atoms. The van der Waals surface area contributed by atoms with E-state index in [1.165, 1.54) is 4.88 Å². The van der Waals surface area contributed by atoms with Crippen LogP contribution in [-0.4, -0.2) is 28.4 Å². The van der Waals surface area contributed by atoms with Crippen molar-refractivity contribution < 1.29 is 10.2 Å². The van der Waals surface area contributed by atoms with E-state index in [-0.39, 0.29) is 13.2 Å². The molecule has 1 aromatic heterocycles. The summed E-state index contributed by atoms with van der Waals surface area (Å²) < 4.78 is 0.920. The minimum atomic E-state index is -0.628. The summed E-state index contributed by atoms with van der Waals surface area (Å²) in [6, 6.07) is 7.75. The Balaban J connectivity index is 2.26. The van der Waals surface area contributed by atoms with Crippen molar-refractivity contribution >= 4 is 27.3 Å². The van der Waals surface area contributed by atoms with Crippen LogP contribution in [0.2, 0.25) is 0 Å². The predicted octanol–water partition coefficient (Wildman–Crippen LogP) is 3.07. The highest BCUT2D eigenvalue weighted by atomic mass is 79.9. The summed E-state index contributed by atoms with van der Waals surface area (Å²) in [7, 11) is 0. The Morgan fingerprint density at radius 2 is 1.95 bits per heavy atom. The number of aliphatic hydroxyl groups is 2. The van der Waals surface area contributed by atoms with Crippen molar-refractivity contribution in [3.05, 3.63) is 50.4 Å². The van der Waals surface area contributed by atoms with Gasteiger partial charge in [0, 0.05) is 14.8 Å². The molecule has 2 rings (SSSR count). The average Bonchev–Trinajstić information content (AvgIpc) is 2.87. The Morgan fingerprint density at radius 1 is 1.25 bits per heavy atom. The molecule has 0 radical (unpaired) electrons. The van der Waals surface area contributed by atoms with Crippen molar-refractivity contribution in [1.29, 1.82) is 0 Å². The number of halogens is 1. The van der Waals surface area contributed by atoms with Gasteiger partial charge >= 0.3 is 0 Å². The Hall–Kier alpha value is -0.750. The first-order valence-electron chi connectivity index (χ1n) is 6.48. The van der Waals surface area contributed by atoms with E-state index < -0.39 is 5.41 Å². The summed E-state index contributed by atoms with van der Waals surface area (Å²) in [5.74, 6) is 0. The summed E-state index contributed by atoms with van der Waals surface area (Å²) in [5, 5.41) is 19.7. The lowest BCUT2D eigenvalue weighted by Crippen LogP contribution is -2.35. The summed E-state index contributed by atoms with van der Waals surface area (Å²) in [6.07, 6.45) is 1.49. The van der Waals surface area contributed by atoms with Crippen LogP contribution in [0.15, 0.2) is 34.2 Å². The highest BCUT2D eigenvalue weighted by Gasteiger charge is 2.32. The standard InChI is InChI=1S/C15H18BrNO2S/c1-11-14(20-10-17-11)6-7-15(8-18,9-19)12-4-2-3-5-13(12)16/h2-5,10,18-19H,6-9H2,1H3. The molecule has 3 nitrogen and oxygen atoms in total. The van der Waals surface area contributed by atoms with Crippen LogP contribution in [0.25, 0.3) is 0 Å². The normalized spacial score (nSPS) is 11.8. The van der Waals surface area contributed by atoms with E-state index in [1.807, 2.05) is 36.7 Å². The van der Waals surface area contributed by atoms with Gasteiger partial charge in [-0.15, -0.1) is 11.3 Å². The molecule has 1 aromatic carbocycles. The quantitative estimate of drug-likeness (QED) is 0.837. The Labute approximate surface area is 131 Å². The fraction of sp³-hybridized carbons (Fsp3) is 0.400. The van der Waals surface area contributed by atoms with Crippen molar-refractivity contribution in [3.8, 4) is 0 Å². The monoisotopic (exact) mass is 355 g/mol. The molecule has 5 heteroatoms. The first-order chi connectivity index (χ1) is 9.63. The molecule has 0 unspecified atom stereocenters. The third-order valence-electron chi connectivity index (χ3n) is 3.73. The smallest absolute Gasteiger partial charge is 0.0797 e. The third kappa shape index (κ3) is 3.11. The number of benzene rings is 1. The van der Waals surface area contributed by atoms with Crippen molar-refractivity contribution in [3.63, 3.8) is 0 Å². The number of hydrogen-bond acceptors (Lipinski definition) is 4. The topological polar surface area (TPSA) is 53.4 Å². The maximum atomic E-state index is 9.86. The average molecular weight is 356 g/mol. The predicted molar refractivity (Wildman–Crippen MR) is 85.2 cm³/mol. The molecule has 108 valence electrons. The Bertz CT molecular complexity index is 567. The number of hydrogen-bond donors (Lipinski definition) is 2. The van der Waals surface area contributed by atoms with Crippen molar-refractivity contribution in [1.82, 2.24) is 4.98 Å². The van der Waals surface area contributed by atoms with Gasteiger partial charge in [-0.2, -0.15) is 0 Å². The number of aromatic nitrogens is 1. The molecule has 0 fully saturated rings. The van der Waals surface area contributed by atoms with Gasteiger partial charge in [0.2, 0.25) is 0 Å². The van der Waals surface area contributed by atoms with Crippen LogP contribution in [0.3, 0.4) is 0 Å². The Morgan fingerprint density at radius 3 is 2.50 bits per heavy atom. The van der Waals surface area contributed by atoms with E-state index in [9.17, 15) is 10.2 Å². The maximum absolute atomic E-state index is 9.86. The molecule has 0 bridgehead atoms. The van der Waals surface area contributed by atoms with Gasteiger partial charge in [-0.1, -0.05) is 34.1 Å². The second-order valence-corrected chi connectivity index (χ2v) is 6.73. The zero-order valence-corrected chi connectivity index (χ0v) is 13.7. The van der Waals surface area contributed by atoms with Crippen molar-refractivity contribution in [2.75, 3.05) is 13.2 Å². The van der Waals surface area contributed by atoms with Crippen LogP contribution in [0, 0.1) is 6.92 Å². The van der Waals surface area contributed by atoms with E-state index in [4.69, 9.17) is 0 Å². The minimum absolute atomic E-state index is 0.0794. The van der Waals surface area contributed by atoms with Gasteiger partial charge in [-0.25, -0.2) is 4.98 Å². The van der Waals surface area contributed by atoms with Crippen molar-refractivity contribution in [2.45, 2.75) is 25.2 Å². The number of nitrogens with zero attached hydrogens (tertiary/aromatic N) is 1. The zero-order chi connectivity index (χ0) is 14.6. The third-order valence-corrected chi connectivity index (χ3v) is 5.41. The van der Waals surface area contributed by atoms with Gasteiger partial charge in [-0.05, 0) is 31.4 Å². The van der Waals surface area contributed by atoms with Gasteiger partial charge in [-0.3, -0.25) is 0 Å². The molecular weight excluding hydrogens is 338 g/mol. The zero-order valence-electron chi connectivity index (χ0n) is 11.3. The van der Waals surface area contributed by atoms with Crippen LogP contribution < -0.4 is 0 Å². The first kappa shape index (κ1) is 15.6. The summed E-state index contributed by atoms with van der Waals surface area (Å²) in [5.41, 5.74) is 3.19. The second kappa shape index (κ2) is 6.80. The van der Waals surface area contributed by atoms with E-state index in [1.54, 1.807) is 11.3 Å². The number of thiazole rings is 1. The van der Waals surface area contributed by atoms with Gasteiger partial charge < -0.3 is 10.2 Å². The molecule has 0 aliphatic rings. The van der Waals surface area contributed by atoms with E-state index >= 15 is 0 Å². The van der Waals surface area contributed by atoms with Crippen molar-refractivity contribution in [2.24, 2.45) is 0 Å². The lowest BCUT2D eigenvalue weighted by Gasteiger charge is -2.31. The molecule has 0 atom stereocenters. The highest BCUT2D eigenvalue weighted by molar-refractivity contribution is 9.10. The van der Waals surface area contributed by atoms with Gasteiger partial charge in [0.1, 0.15) is 0 Å². The van der Waals surface area contributed by atoms with Crippen LogP contribution in [0.4, 0.5) is 0 Å².